The zero-order chi connectivity index (χ0) is 24.1. The van der Waals surface area contributed by atoms with Gasteiger partial charge < -0.3 is 0 Å². The van der Waals surface area contributed by atoms with Gasteiger partial charge in [0.2, 0.25) is 5.69 Å². The topological polar surface area (TPSA) is 3.88 Å². The van der Waals surface area contributed by atoms with E-state index < -0.39 is 0 Å². The number of pyridine rings is 1. The van der Waals surface area contributed by atoms with Crippen LogP contribution in [0.2, 0.25) is 0 Å². The van der Waals surface area contributed by atoms with Crippen LogP contribution in [0.4, 0.5) is 0 Å². The van der Waals surface area contributed by atoms with Gasteiger partial charge in [0, 0.05) is 13.0 Å². The molecule has 4 aromatic rings. The highest BCUT2D eigenvalue weighted by Crippen LogP contribution is 2.39. The minimum absolute atomic E-state index is 0.0312. The monoisotopic (exact) mass is 425 g/mol. The van der Waals surface area contributed by atoms with Crippen molar-refractivity contribution < 1.29 is 5.94 Å². The zero-order valence-corrected chi connectivity index (χ0v) is 21.1. The van der Waals surface area contributed by atoms with E-state index in [1.807, 2.05) is 0 Å². The highest BCUT2D eigenvalue weighted by Gasteiger charge is 2.25. The number of aromatic nitrogens is 1. The maximum absolute atomic E-state index is 8.95. The van der Waals surface area contributed by atoms with Crippen molar-refractivity contribution in [2.75, 3.05) is 0 Å². The molecule has 32 heavy (non-hydrogen) atoms. The lowest BCUT2D eigenvalue weighted by Crippen LogP contribution is -2.35. The van der Waals surface area contributed by atoms with Crippen LogP contribution in [0.1, 0.15) is 77.1 Å². The average Bonchev–Trinajstić information content (AvgIpc) is 2.79. The normalized spacial score (nSPS) is 12.7. The average molecular weight is 426 g/mol. The lowest BCUT2D eigenvalue weighted by atomic mass is 9.80. The SMILES string of the molecule is [2H]c1c(C)[n+](C)c(-c2cc(C(C)(C)C)c3ccccc3c2C)c2ccc(C(CC)CC)cc12. The highest BCUT2D eigenvalue weighted by atomic mass is 14.9. The minimum Gasteiger partial charge on any atom is -0.198 e. The molecule has 0 bridgehead atoms. The molecule has 0 fully saturated rings. The Labute approximate surface area is 195 Å². The van der Waals surface area contributed by atoms with Gasteiger partial charge in [0.25, 0.3) is 0 Å². The van der Waals surface area contributed by atoms with Crippen LogP contribution in [0, 0.1) is 13.8 Å². The second-order valence-electron chi connectivity index (χ2n) is 10.3. The number of fused-ring (bicyclic) bond motifs is 2. The summed E-state index contributed by atoms with van der Waals surface area (Å²) < 4.78 is 11.2. The van der Waals surface area contributed by atoms with Crippen LogP contribution in [-0.4, -0.2) is 0 Å². The zero-order valence-electron chi connectivity index (χ0n) is 22.1. The van der Waals surface area contributed by atoms with Crippen LogP contribution in [-0.2, 0) is 12.5 Å². The van der Waals surface area contributed by atoms with E-state index in [-0.39, 0.29) is 5.41 Å². The van der Waals surface area contributed by atoms with Crippen molar-refractivity contribution in [3.63, 3.8) is 0 Å². The molecule has 0 radical (unpaired) electrons. The summed E-state index contributed by atoms with van der Waals surface area (Å²) >= 11 is 0. The van der Waals surface area contributed by atoms with Gasteiger partial charge in [0.05, 0.1) is 12.3 Å². The van der Waals surface area contributed by atoms with Crippen molar-refractivity contribution in [3.05, 3.63) is 77.0 Å². The van der Waals surface area contributed by atoms with Crippen molar-refractivity contribution in [1.29, 1.82) is 0 Å². The third kappa shape index (κ3) is 3.72. The molecular weight excluding hydrogens is 386 g/mol. The summed E-state index contributed by atoms with van der Waals surface area (Å²) in [5, 5.41) is 4.88. The summed E-state index contributed by atoms with van der Waals surface area (Å²) in [5.41, 5.74) is 7.54. The summed E-state index contributed by atoms with van der Waals surface area (Å²) in [6.45, 7) is 15.7. The fourth-order valence-electron chi connectivity index (χ4n) is 5.23. The molecule has 0 N–H and O–H groups in total. The second-order valence-corrected chi connectivity index (χ2v) is 10.3. The molecule has 166 valence electrons. The summed E-state index contributed by atoms with van der Waals surface area (Å²) in [7, 11) is 2.11. The van der Waals surface area contributed by atoms with Crippen LogP contribution in [0.25, 0.3) is 32.8 Å². The van der Waals surface area contributed by atoms with Crippen LogP contribution >= 0.6 is 0 Å². The first-order chi connectivity index (χ1) is 15.6. The van der Waals surface area contributed by atoms with E-state index in [4.69, 9.17) is 1.37 Å². The molecule has 0 aliphatic heterocycles. The van der Waals surface area contributed by atoms with E-state index in [9.17, 15) is 0 Å². The van der Waals surface area contributed by atoms with Gasteiger partial charge in [-0.05, 0) is 76.1 Å². The molecule has 1 heterocycles. The Bertz CT molecular complexity index is 1350. The van der Waals surface area contributed by atoms with Crippen LogP contribution in [0.3, 0.4) is 0 Å². The Balaban J connectivity index is 2.13. The molecule has 0 spiro atoms. The standard InChI is InChI=1S/C31H38N/c1-9-22(10-2)23-15-16-26-24(18-23)17-20(3)32(8)30(26)28-19-29(31(5,6)7)27-14-12-11-13-25(27)21(28)4/h11-19,22H,9-10H2,1-8H3/q+1/i17D. The summed E-state index contributed by atoms with van der Waals surface area (Å²) in [6.07, 6.45) is 2.25. The molecule has 0 saturated heterocycles. The Morgan fingerprint density at radius 1 is 0.906 bits per heavy atom. The predicted octanol–water partition coefficient (Wildman–Crippen LogP) is 8.30. The summed E-state index contributed by atoms with van der Waals surface area (Å²) in [6, 6.07) is 18.7. The fraction of sp³-hybridized carbons (Fsp3) is 0.387. The molecule has 0 atom stereocenters. The molecule has 0 saturated carbocycles. The van der Waals surface area contributed by atoms with E-state index in [0.717, 1.165) is 23.9 Å². The van der Waals surface area contributed by atoms with E-state index >= 15 is 0 Å². The molecule has 0 unspecified atom stereocenters. The molecule has 0 aliphatic carbocycles. The van der Waals surface area contributed by atoms with E-state index in [1.54, 1.807) is 0 Å². The van der Waals surface area contributed by atoms with Gasteiger partial charge in [0.1, 0.15) is 7.05 Å². The van der Waals surface area contributed by atoms with Crippen molar-refractivity contribution in [1.82, 2.24) is 0 Å². The lowest BCUT2D eigenvalue weighted by Gasteiger charge is -2.24. The van der Waals surface area contributed by atoms with Gasteiger partial charge in [-0.1, -0.05) is 71.0 Å². The van der Waals surface area contributed by atoms with Crippen molar-refractivity contribution >= 4 is 21.5 Å². The number of rotatable bonds is 4. The maximum atomic E-state index is 8.95. The molecule has 1 aromatic heterocycles. The van der Waals surface area contributed by atoms with Crippen LogP contribution in [0.15, 0.2) is 54.6 Å². The Kier molecular flexibility index (Phi) is 5.53. The second kappa shape index (κ2) is 8.35. The van der Waals surface area contributed by atoms with Crippen molar-refractivity contribution in [2.45, 2.75) is 72.6 Å². The number of hydrogen-bond donors (Lipinski definition) is 0. The maximum Gasteiger partial charge on any atom is 0.220 e. The summed E-state index contributed by atoms with van der Waals surface area (Å²) in [5.74, 6) is 0.543. The van der Waals surface area contributed by atoms with E-state index in [0.29, 0.717) is 12.0 Å². The van der Waals surface area contributed by atoms with Gasteiger partial charge in [-0.15, -0.1) is 0 Å². The summed E-state index contributed by atoms with van der Waals surface area (Å²) in [4.78, 5) is 0. The van der Waals surface area contributed by atoms with E-state index in [2.05, 4.69) is 109 Å². The molecule has 0 amide bonds. The quantitative estimate of drug-likeness (QED) is 0.289. The van der Waals surface area contributed by atoms with Crippen molar-refractivity contribution in [2.24, 2.45) is 7.05 Å². The molecule has 1 nitrogen and oxygen atoms in total. The number of aryl methyl sites for hydroxylation is 1. The largest absolute Gasteiger partial charge is 0.220 e. The minimum atomic E-state index is 0.0312. The van der Waals surface area contributed by atoms with E-state index in [1.165, 1.54) is 44.1 Å². The predicted molar refractivity (Wildman–Crippen MR) is 140 cm³/mol. The fourth-order valence-corrected chi connectivity index (χ4v) is 5.23. The first-order valence-electron chi connectivity index (χ1n) is 12.6. The lowest BCUT2D eigenvalue weighted by molar-refractivity contribution is -0.665. The Hall–Kier alpha value is -2.67. The van der Waals surface area contributed by atoms with Gasteiger partial charge in [-0.2, -0.15) is 4.57 Å². The smallest absolute Gasteiger partial charge is 0.198 e. The first kappa shape index (κ1) is 21.2. The van der Waals surface area contributed by atoms with Crippen LogP contribution < -0.4 is 4.57 Å². The van der Waals surface area contributed by atoms with Gasteiger partial charge >= 0.3 is 0 Å². The molecule has 3 aromatic carbocycles. The molecule has 4 rings (SSSR count). The number of nitrogens with zero attached hydrogens (tertiary/aromatic N) is 1. The Morgan fingerprint density at radius 2 is 1.56 bits per heavy atom. The molecular formula is C31H38N+. The first-order valence-corrected chi connectivity index (χ1v) is 12.1. The Morgan fingerprint density at radius 3 is 2.19 bits per heavy atom. The highest BCUT2D eigenvalue weighted by molar-refractivity contribution is 6.00. The van der Waals surface area contributed by atoms with Gasteiger partial charge in [-0.3, -0.25) is 0 Å². The van der Waals surface area contributed by atoms with Crippen molar-refractivity contribution in [3.8, 4) is 11.3 Å². The molecule has 0 aliphatic rings. The van der Waals surface area contributed by atoms with Crippen LogP contribution in [0.5, 0.6) is 0 Å². The number of hydrogen-bond acceptors (Lipinski definition) is 0. The van der Waals surface area contributed by atoms with Gasteiger partial charge in [-0.25, -0.2) is 0 Å². The molecule has 1 heteroatoms. The third-order valence-corrected chi connectivity index (χ3v) is 7.29. The number of benzene rings is 3. The van der Waals surface area contributed by atoms with Gasteiger partial charge in [0.15, 0.2) is 5.69 Å². The third-order valence-electron chi connectivity index (χ3n) is 7.29.